The van der Waals surface area contributed by atoms with Gasteiger partial charge < -0.3 is 11.7 Å². The Labute approximate surface area is 82.7 Å². The zero-order valence-electron chi connectivity index (χ0n) is 7.51. The predicted molar refractivity (Wildman–Crippen MR) is 43.7 cm³/mol. The minimum absolute atomic E-state index is 0. The summed E-state index contributed by atoms with van der Waals surface area (Å²) in [7, 11) is 0. The Morgan fingerprint density at radius 3 is 2.45 bits per heavy atom. The van der Waals surface area contributed by atoms with Crippen molar-refractivity contribution in [3.05, 3.63) is 6.92 Å². The largest absolute Gasteiger partial charge is 0.333 e. The van der Waals surface area contributed by atoms with E-state index in [1.807, 2.05) is 0 Å². The van der Waals surface area contributed by atoms with Crippen molar-refractivity contribution in [2.45, 2.75) is 39.0 Å². The quantitative estimate of drug-likeness (QED) is 0.283. The molecule has 0 heterocycles. The summed E-state index contributed by atoms with van der Waals surface area (Å²) in [4.78, 5) is 10.1. The maximum atomic E-state index is 10.1. The fraction of sp³-hybridized carbons (Fsp3) is 0.778. The van der Waals surface area contributed by atoms with Gasteiger partial charge in [-0.15, -0.1) is 5.92 Å². The molecule has 62 valence electrons. The topological polar surface area (TPSA) is 17.1 Å². The minimum atomic E-state index is 0. The van der Waals surface area contributed by atoms with E-state index in [0.29, 0.717) is 0 Å². The third-order valence-electron chi connectivity index (χ3n) is 1.62. The molecule has 0 N–H and O–H groups in total. The average Bonchev–Trinajstić information content (AvgIpc) is 1.98. The summed E-state index contributed by atoms with van der Waals surface area (Å²) in [5.41, 5.74) is 0. The molecule has 0 aromatic heterocycles. The van der Waals surface area contributed by atoms with E-state index in [1.54, 1.807) is 0 Å². The monoisotopic (exact) mass is 205 g/mol. The molecule has 11 heavy (non-hydrogen) atoms. The first-order chi connectivity index (χ1) is 4.81. The molecule has 1 unspecified atom stereocenters. The van der Waals surface area contributed by atoms with Gasteiger partial charge in [0.15, 0.2) is 0 Å². The van der Waals surface area contributed by atoms with Crippen molar-refractivity contribution in [2.75, 3.05) is 0 Å². The van der Waals surface area contributed by atoms with Crippen LogP contribution in [0.4, 0.5) is 0 Å². The van der Waals surface area contributed by atoms with Crippen molar-refractivity contribution in [2.24, 2.45) is 5.92 Å². The van der Waals surface area contributed by atoms with Crippen molar-refractivity contribution in [1.29, 1.82) is 0 Å². The molecule has 1 nitrogen and oxygen atoms in total. The van der Waals surface area contributed by atoms with E-state index >= 15 is 0 Å². The number of aldehydes is 1. The molecule has 0 aliphatic carbocycles. The van der Waals surface area contributed by atoms with E-state index in [1.165, 1.54) is 19.3 Å². The van der Waals surface area contributed by atoms with Crippen LogP contribution in [0.25, 0.3) is 0 Å². The van der Waals surface area contributed by atoms with Gasteiger partial charge in [-0.3, -0.25) is 0 Å². The molecule has 0 bridgehead atoms. The summed E-state index contributed by atoms with van der Waals surface area (Å²) in [6, 6.07) is 0. The summed E-state index contributed by atoms with van der Waals surface area (Å²) < 4.78 is 0. The number of hydrogen-bond donors (Lipinski definition) is 0. The molecule has 0 aliphatic heterocycles. The fourth-order valence-electron chi connectivity index (χ4n) is 0.901. The van der Waals surface area contributed by atoms with E-state index in [2.05, 4.69) is 13.8 Å². The molecule has 0 radical (unpaired) electrons. The third kappa shape index (κ3) is 10.3. The summed E-state index contributed by atoms with van der Waals surface area (Å²) in [6.45, 7) is 5.87. The van der Waals surface area contributed by atoms with E-state index in [0.717, 1.165) is 19.1 Å². The van der Waals surface area contributed by atoms with Crippen molar-refractivity contribution in [1.82, 2.24) is 0 Å². The second kappa shape index (κ2) is 10.3. The summed E-state index contributed by atoms with van der Waals surface area (Å²) in [5, 5.41) is 0. The summed E-state index contributed by atoms with van der Waals surface area (Å²) in [5.74, 6) is 0.0249. The van der Waals surface area contributed by atoms with Gasteiger partial charge in [-0.05, 0) is 0 Å². The van der Waals surface area contributed by atoms with Gasteiger partial charge in [0.2, 0.25) is 0 Å². The molecule has 0 fully saturated rings. The molecule has 2 heteroatoms. The van der Waals surface area contributed by atoms with Crippen molar-refractivity contribution < 1.29 is 24.3 Å². The second-order valence-electron chi connectivity index (χ2n) is 2.75. The molecule has 0 aliphatic rings. The minimum Gasteiger partial charge on any atom is -0.333 e. The molecule has 0 amide bonds. The fourth-order valence-corrected chi connectivity index (χ4v) is 0.901. The Bertz CT molecular complexity index is 83.6. The number of carbonyl (C=O) groups is 1. The third-order valence-corrected chi connectivity index (χ3v) is 1.62. The Kier molecular flexibility index (Phi) is 13.0. The van der Waals surface area contributed by atoms with E-state index in [9.17, 15) is 4.79 Å². The molecule has 0 saturated heterocycles. The van der Waals surface area contributed by atoms with Crippen LogP contribution in [0, 0.1) is 12.8 Å². The Morgan fingerprint density at radius 1 is 1.36 bits per heavy atom. The van der Waals surface area contributed by atoms with Crippen LogP contribution in [-0.4, -0.2) is 6.29 Å². The van der Waals surface area contributed by atoms with Crippen LogP contribution in [0.15, 0.2) is 0 Å². The SMILES string of the molecule is [CH2-]C(C=O)CCCCCC.[Zn]. The van der Waals surface area contributed by atoms with Gasteiger partial charge in [0.05, 0.1) is 6.29 Å². The normalized spacial score (nSPS) is 11.8. The van der Waals surface area contributed by atoms with Gasteiger partial charge >= 0.3 is 0 Å². The smallest absolute Gasteiger partial charge is 0.0928 e. The van der Waals surface area contributed by atoms with Gasteiger partial charge in [-0.1, -0.05) is 39.0 Å². The molecule has 1 atom stereocenters. The molecule has 0 rings (SSSR count). The Hall–Kier alpha value is 0.293. The van der Waals surface area contributed by atoms with Crippen LogP contribution < -0.4 is 0 Å². The Balaban J connectivity index is 0. The maximum Gasteiger partial charge on any atom is 0.0928 e. The van der Waals surface area contributed by atoms with Crippen LogP contribution in [0.1, 0.15) is 39.0 Å². The van der Waals surface area contributed by atoms with Gasteiger partial charge in [-0.25, -0.2) is 0 Å². The first kappa shape index (κ1) is 13.9. The van der Waals surface area contributed by atoms with Crippen LogP contribution >= 0.6 is 0 Å². The zero-order valence-corrected chi connectivity index (χ0v) is 10.5. The van der Waals surface area contributed by atoms with Crippen molar-refractivity contribution in [3.63, 3.8) is 0 Å². The number of hydrogen-bond acceptors (Lipinski definition) is 1. The molecule has 0 aromatic carbocycles. The van der Waals surface area contributed by atoms with Crippen molar-refractivity contribution in [3.8, 4) is 0 Å². The van der Waals surface area contributed by atoms with Crippen LogP contribution in [0.3, 0.4) is 0 Å². The van der Waals surface area contributed by atoms with Gasteiger partial charge in [0.1, 0.15) is 0 Å². The molecule has 0 spiro atoms. The van der Waals surface area contributed by atoms with Crippen molar-refractivity contribution >= 4 is 6.29 Å². The summed E-state index contributed by atoms with van der Waals surface area (Å²) in [6.07, 6.45) is 6.83. The first-order valence-electron chi connectivity index (χ1n) is 4.09. The average molecular weight is 207 g/mol. The molecule has 0 aromatic rings. The zero-order chi connectivity index (χ0) is 7.82. The molecular formula is C9H17OZn-. The second-order valence-corrected chi connectivity index (χ2v) is 2.75. The van der Waals surface area contributed by atoms with Crippen LogP contribution in [-0.2, 0) is 24.3 Å². The van der Waals surface area contributed by atoms with E-state index < -0.39 is 0 Å². The van der Waals surface area contributed by atoms with Gasteiger partial charge in [-0.2, -0.15) is 0 Å². The molecular weight excluding hydrogens is 189 g/mol. The van der Waals surface area contributed by atoms with E-state index in [4.69, 9.17) is 0 Å². The predicted octanol–water partition coefficient (Wildman–Crippen LogP) is 2.60. The molecule has 0 saturated carbocycles. The van der Waals surface area contributed by atoms with Crippen LogP contribution in [0.5, 0.6) is 0 Å². The number of rotatable bonds is 6. The number of carbonyl (C=O) groups excluding carboxylic acids is 1. The standard InChI is InChI=1S/C9H17O.Zn/c1-3-4-5-6-7-9(2)8-10;/h8-9H,2-7H2,1H3;/q-1;. The van der Waals surface area contributed by atoms with Crippen LogP contribution in [0.2, 0.25) is 0 Å². The Morgan fingerprint density at radius 2 is 2.00 bits per heavy atom. The number of unbranched alkanes of at least 4 members (excludes halogenated alkanes) is 3. The first-order valence-corrected chi connectivity index (χ1v) is 4.09. The van der Waals surface area contributed by atoms with E-state index in [-0.39, 0.29) is 25.4 Å². The van der Waals surface area contributed by atoms with Gasteiger partial charge in [0.25, 0.3) is 0 Å². The maximum absolute atomic E-state index is 10.1. The van der Waals surface area contributed by atoms with Gasteiger partial charge in [0, 0.05) is 19.5 Å². The summed E-state index contributed by atoms with van der Waals surface area (Å²) >= 11 is 0.